The minimum atomic E-state index is -0.993. The van der Waals surface area contributed by atoms with Gasteiger partial charge in [-0.15, -0.1) is 0 Å². The van der Waals surface area contributed by atoms with Crippen LogP contribution in [0.3, 0.4) is 0 Å². The highest BCUT2D eigenvalue weighted by Gasteiger charge is 2.32. The molecule has 1 aliphatic rings. The van der Waals surface area contributed by atoms with E-state index in [9.17, 15) is 9.50 Å². The van der Waals surface area contributed by atoms with Gasteiger partial charge >= 0.3 is 0 Å². The molecule has 0 aliphatic heterocycles. The van der Waals surface area contributed by atoms with Crippen molar-refractivity contribution in [3.8, 4) is 5.75 Å². The molecule has 0 unspecified atom stereocenters. The molecule has 0 aromatic heterocycles. The Hall–Kier alpha value is -1.09. The summed E-state index contributed by atoms with van der Waals surface area (Å²) in [5.74, 6) is 0.122. The summed E-state index contributed by atoms with van der Waals surface area (Å²) < 4.78 is 18.9. The highest BCUT2D eigenvalue weighted by atomic mass is 19.1. The van der Waals surface area contributed by atoms with Gasteiger partial charge in [-0.1, -0.05) is 25.7 Å². The minimum absolute atomic E-state index is 0.367. The van der Waals surface area contributed by atoms with Crippen LogP contribution in [0, 0.1) is 5.82 Å². The fourth-order valence-corrected chi connectivity index (χ4v) is 2.58. The fourth-order valence-electron chi connectivity index (χ4n) is 2.58. The molecule has 0 atom stereocenters. The number of hydrogen-bond acceptors (Lipinski definition) is 2. The first kappa shape index (κ1) is 12.4. The van der Waals surface area contributed by atoms with Crippen molar-refractivity contribution in [2.45, 2.75) is 44.1 Å². The lowest BCUT2D eigenvalue weighted by Gasteiger charge is -2.27. The summed E-state index contributed by atoms with van der Waals surface area (Å²) in [6, 6.07) is 4.71. The van der Waals surface area contributed by atoms with Gasteiger partial charge in [0, 0.05) is 11.6 Å². The quantitative estimate of drug-likeness (QED) is 0.800. The van der Waals surface area contributed by atoms with Gasteiger partial charge in [0.2, 0.25) is 0 Å². The Morgan fingerprint density at radius 1 is 1.18 bits per heavy atom. The second-order valence-corrected chi connectivity index (χ2v) is 4.79. The predicted molar refractivity (Wildman–Crippen MR) is 64.6 cm³/mol. The Bertz CT molecular complexity index is 382. The van der Waals surface area contributed by atoms with Gasteiger partial charge < -0.3 is 9.84 Å². The number of aliphatic hydroxyl groups is 1. The first-order valence-electron chi connectivity index (χ1n) is 6.22. The van der Waals surface area contributed by atoms with Gasteiger partial charge in [-0.2, -0.15) is 0 Å². The molecule has 1 aliphatic carbocycles. The maximum Gasteiger partial charge on any atom is 0.132 e. The van der Waals surface area contributed by atoms with E-state index in [-0.39, 0.29) is 5.82 Å². The molecule has 1 aromatic rings. The number of rotatable bonds is 2. The van der Waals surface area contributed by atoms with Crippen molar-refractivity contribution in [3.63, 3.8) is 0 Å². The zero-order valence-electron chi connectivity index (χ0n) is 10.2. The van der Waals surface area contributed by atoms with Gasteiger partial charge in [0.15, 0.2) is 0 Å². The van der Waals surface area contributed by atoms with E-state index in [1.807, 2.05) is 0 Å². The van der Waals surface area contributed by atoms with E-state index in [2.05, 4.69) is 0 Å². The molecule has 0 heterocycles. The summed E-state index contributed by atoms with van der Waals surface area (Å²) in [6.07, 6.45) is 5.47. The zero-order chi connectivity index (χ0) is 12.3. The summed E-state index contributed by atoms with van der Waals surface area (Å²) in [6.45, 7) is 0. The Kier molecular flexibility index (Phi) is 3.67. The molecule has 1 aromatic carbocycles. The maximum absolute atomic E-state index is 14.0. The Morgan fingerprint density at radius 3 is 2.35 bits per heavy atom. The van der Waals surface area contributed by atoms with Gasteiger partial charge in [-0.3, -0.25) is 0 Å². The van der Waals surface area contributed by atoms with E-state index in [1.165, 1.54) is 13.2 Å². The molecule has 0 radical (unpaired) electrons. The lowest BCUT2D eigenvalue weighted by Crippen LogP contribution is -2.26. The molecule has 1 saturated carbocycles. The molecule has 17 heavy (non-hydrogen) atoms. The van der Waals surface area contributed by atoms with Crippen molar-refractivity contribution in [3.05, 3.63) is 29.6 Å². The van der Waals surface area contributed by atoms with Gasteiger partial charge in [0.25, 0.3) is 0 Å². The van der Waals surface area contributed by atoms with Crippen molar-refractivity contribution in [1.29, 1.82) is 0 Å². The highest BCUT2D eigenvalue weighted by Crippen LogP contribution is 2.37. The normalized spacial score (nSPS) is 19.7. The van der Waals surface area contributed by atoms with E-state index >= 15 is 0 Å². The molecule has 0 spiro atoms. The fraction of sp³-hybridized carbons (Fsp3) is 0.571. The largest absolute Gasteiger partial charge is 0.497 e. The Balaban J connectivity index is 2.31. The summed E-state index contributed by atoms with van der Waals surface area (Å²) in [5.41, 5.74) is -0.576. The van der Waals surface area contributed by atoms with Crippen LogP contribution in [-0.2, 0) is 5.60 Å². The average Bonchev–Trinajstić information content (AvgIpc) is 2.54. The number of benzene rings is 1. The van der Waals surface area contributed by atoms with Gasteiger partial charge in [-0.25, -0.2) is 4.39 Å². The summed E-state index contributed by atoms with van der Waals surface area (Å²) in [4.78, 5) is 0. The Labute approximate surface area is 101 Å². The second kappa shape index (κ2) is 5.05. The van der Waals surface area contributed by atoms with Crippen LogP contribution in [0.5, 0.6) is 5.75 Å². The third-order valence-electron chi connectivity index (χ3n) is 3.61. The minimum Gasteiger partial charge on any atom is -0.497 e. The highest BCUT2D eigenvalue weighted by molar-refractivity contribution is 5.32. The molecule has 2 nitrogen and oxygen atoms in total. The number of ether oxygens (including phenoxy) is 1. The topological polar surface area (TPSA) is 29.5 Å². The third kappa shape index (κ3) is 2.60. The monoisotopic (exact) mass is 238 g/mol. The maximum atomic E-state index is 14.0. The number of methoxy groups -OCH3 is 1. The molecule has 0 amide bonds. The molecule has 1 N–H and O–H groups in total. The van der Waals surface area contributed by atoms with Crippen molar-refractivity contribution in [1.82, 2.24) is 0 Å². The van der Waals surface area contributed by atoms with Crippen LogP contribution >= 0.6 is 0 Å². The summed E-state index contributed by atoms with van der Waals surface area (Å²) in [5, 5.41) is 10.6. The predicted octanol–water partition coefficient (Wildman–Crippen LogP) is 3.38. The van der Waals surface area contributed by atoms with E-state index < -0.39 is 5.60 Å². The van der Waals surface area contributed by atoms with Crippen LogP contribution in [0.1, 0.15) is 44.1 Å². The SMILES string of the molecule is COc1ccc(C2(O)CCCCCC2)c(F)c1. The molecular formula is C14H19FO2. The van der Waals surface area contributed by atoms with Crippen LogP contribution in [-0.4, -0.2) is 12.2 Å². The van der Waals surface area contributed by atoms with E-state index in [0.717, 1.165) is 25.7 Å². The first-order valence-corrected chi connectivity index (χ1v) is 6.22. The van der Waals surface area contributed by atoms with Crippen molar-refractivity contribution < 1.29 is 14.2 Å². The Morgan fingerprint density at radius 2 is 1.82 bits per heavy atom. The van der Waals surface area contributed by atoms with Crippen LogP contribution in [0.4, 0.5) is 4.39 Å². The molecule has 0 saturated heterocycles. The molecule has 1 fully saturated rings. The second-order valence-electron chi connectivity index (χ2n) is 4.79. The third-order valence-corrected chi connectivity index (χ3v) is 3.61. The summed E-state index contributed by atoms with van der Waals surface area (Å²) in [7, 11) is 1.51. The van der Waals surface area contributed by atoms with Gasteiger partial charge in [-0.05, 0) is 25.0 Å². The lowest BCUT2D eigenvalue weighted by atomic mass is 9.86. The molecule has 3 heteroatoms. The van der Waals surface area contributed by atoms with E-state index in [4.69, 9.17) is 4.74 Å². The molecular weight excluding hydrogens is 219 g/mol. The van der Waals surface area contributed by atoms with Crippen LogP contribution < -0.4 is 4.74 Å². The van der Waals surface area contributed by atoms with Crippen molar-refractivity contribution in [2.24, 2.45) is 0 Å². The average molecular weight is 238 g/mol. The molecule has 94 valence electrons. The van der Waals surface area contributed by atoms with Crippen LogP contribution in [0.25, 0.3) is 0 Å². The van der Waals surface area contributed by atoms with Crippen molar-refractivity contribution in [2.75, 3.05) is 7.11 Å². The zero-order valence-corrected chi connectivity index (χ0v) is 10.2. The number of halogens is 1. The molecule has 0 bridgehead atoms. The smallest absolute Gasteiger partial charge is 0.132 e. The van der Waals surface area contributed by atoms with Gasteiger partial charge in [0.1, 0.15) is 11.6 Å². The lowest BCUT2D eigenvalue weighted by molar-refractivity contribution is 0.0172. The molecule has 2 rings (SSSR count). The first-order chi connectivity index (χ1) is 8.15. The van der Waals surface area contributed by atoms with Crippen LogP contribution in [0.2, 0.25) is 0 Å². The van der Waals surface area contributed by atoms with E-state index in [1.54, 1.807) is 12.1 Å². The summed E-state index contributed by atoms with van der Waals surface area (Å²) >= 11 is 0. The van der Waals surface area contributed by atoms with Gasteiger partial charge in [0.05, 0.1) is 12.7 Å². The standard InChI is InChI=1S/C14H19FO2/c1-17-11-6-7-12(13(15)10-11)14(16)8-4-2-3-5-9-14/h6-7,10,16H,2-5,8-9H2,1H3. The van der Waals surface area contributed by atoms with Crippen LogP contribution in [0.15, 0.2) is 18.2 Å². The van der Waals surface area contributed by atoms with E-state index in [0.29, 0.717) is 24.2 Å². The van der Waals surface area contributed by atoms with Crippen molar-refractivity contribution >= 4 is 0 Å². The number of hydrogen-bond donors (Lipinski definition) is 1.